The third-order valence-electron chi connectivity index (χ3n) is 4.24. The third-order valence-corrected chi connectivity index (χ3v) is 6.09. The fraction of sp³-hybridized carbons (Fsp3) is 0.471. The molecular weight excluding hydrogens is 418 g/mol. The van der Waals surface area contributed by atoms with Crippen LogP contribution in [0.4, 0.5) is 5.13 Å². The first-order valence-electron chi connectivity index (χ1n) is 8.93. The number of hydrogen-bond acceptors (Lipinski definition) is 10. The van der Waals surface area contributed by atoms with Gasteiger partial charge in [0, 0.05) is 11.1 Å². The average molecular weight is 440 g/mol. The second-order valence-corrected chi connectivity index (χ2v) is 8.19. The molecule has 1 aromatic heterocycles. The van der Waals surface area contributed by atoms with Gasteiger partial charge in [-0.3, -0.25) is 14.5 Å². The van der Waals surface area contributed by atoms with Crippen LogP contribution >= 0.6 is 23.1 Å². The Morgan fingerprint density at radius 2 is 2.28 bits per heavy atom. The van der Waals surface area contributed by atoms with Crippen molar-refractivity contribution in [1.29, 1.82) is 0 Å². The summed E-state index contributed by atoms with van der Waals surface area (Å²) in [5.41, 5.74) is 6.01. The van der Waals surface area contributed by atoms with Crippen LogP contribution in [0.1, 0.15) is 25.5 Å². The molecule has 0 spiro atoms. The van der Waals surface area contributed by atoms with E-state index in [0.717, 1.165) is 24.2 Å². The molecule has 0 bridgehead atoms. The lowest BCUT2D eigenvalue weighted by Gasteiger charge is -2.48. The van der Waals surface area contributed by atoms with E-state index in [1.807, 2.05) is 6.92 Å². The zero-order chi connectivity index (χ0) is 21.0. The molecule has 2 aliphatic heterocycles. The van der Waals surface area contributed by atoms with Gasteiger partial charge in [0.25, 0.3) is 11.8 Å². The van der Waals surface area contributed by atoms with Crippen molar-refractivity contribution in [1.82, 2.24) is 15.2 Å². The first-order valence-corrected chi connectivity index (χ1v) is 10.9. The van der Waals surface area contributed by atoms with E-state index in [9.17, 15) is 14.4 Å². The predicted molar refractivity (Wildman–Crippen MR) is 109 cm³/mol. The number of oxime groups is 1. The first kappa shape index (κ1) is 21.1. The fourth-order valence-electron chi connectivity index (χ4n) is 2.81. The van der Waals surface area contributed by atoms with Crippen LogP contribution in [0.5, 0.6) is 0 Å². The highest BCUT2D eigenvalue weighted by Crippen LogP contribution is 2.37. The van der Waals surface area contributed by atoms with Gasteiger partial charge in [-0.25, -0.2) is 9.78 Å². The fourth-order valence-corrected chi connectivity index (χ4v) is 4.56. The number of aromatic nitrogens is 1. The largest absolute Gasteiger partial charge is 0.461 e. The maximum atomic E-state index is 12.7. The zero-order valence-electron chi connectivity index (χ0n) is 15.9. The minimum absolute atomic E-state index is 0.0812. The monoisotopic (exact) mass is 439 g/mol. The maximum Gasteiger partial charge on any atom is 0.354 e. The van der Waals surface area contributed by atoms with Crippen molar-refractivity contribution in [3.8, 4) is 0 Å². The number of ether oxygens (including phenoxy) is 1. The molecule has 3 rings (SSSR count). The van der Waals surface area contributed by atoms with Gasteiger partial charge >= 0.3 is 5.97 Å². The molecule has 2 amide bonds. The van der Waals surface area contributed by atoms with E-state index < -0.39 is 23.3 Å². The molecule has 156 valence electrons. The van der Waals surface area contributed by atoms with Crippen LogP contribution < -0.4 is 11.1 Å². The SMILES string of the molecule is CCCCOC(=O)C1=CCS[C@@H]2[C@H](NC(=O)/C(=N\OC)c3csc(N)n3)C(=O)N12. The summed E-state index contributed by atoms with van der Waals surface area (Å²) in [7, 11) is 1.30. The first-order chi connectivity index (χ1) is 14.0. The second kappa shape index (κ2) is 9.27. The summed E-state index contributed by atoms with van der Waals surface area (Å²) in [6, 6.07) is -0.794. The number of rotatable bonds is 8. The number of carbonyl (C=O) groups excluding carboxylic acids is 3. The topological polar surface area (TPSA) is 136 Å². The number of nitrogen functional groups attached to an aromatic ring is 1. The number of esters is 1. The van der Waals surface area contributed by atoms with E-state index in [2.05, 4.69) is 15.5 Å². The van der Waals surface area contributed by atoms with Gasteiger partial charge in [0.05, 0.1) is 6.61 Å². The number of fused-ring (bicyclic) bond motifs is 1. The summed E-state index contributed by atoms with van der Waals surface area (Å²) in [6.07, 6.45) is 3.32. The number of nitrogens with two attached hydrogens (primary N) is 1. The van der Waals surface area contributed by atoms with E-state index in [-0.39, 0.29) is 28.1 Å². The molecule has 1 aromatic rings. The van der Waals surface area contributed by atoms with Gasteiger partial charge in [0.1, 0.15) is 29.9 Å². The van der Waals surface area contributed by atoms with Gasteiger partial charge in [-0.15, -0.1) is 23.1 Å². The molecule has 2 atom stereocenters. The summed E-state index contributed by atoms with van der Waals surface area (Å²) >= 11 is 2.60. The molecule has 12 heteroatoms. The molecular formula is C17H21N5O5S2. The van der Waals surface area contributed by atoms with E-state index in [1.165, 1.54) is 23.8 Å². The average Bonchev–Trinajstić information content (AvgIpc) is 3.15. The third kappa shape index (κ3) is 4.37. The molecule has 0 radical (unpaired) electrons. The smallest absolute Gasteiger partial charge is 0.354 e. The highest BCUT2D eigenvalue weighted by atomic mass is 32.2. The number of nitrogens with zero attached hydrogens (tertiary/aromatic N) is 3. The quantitative estimate of drug-likeness (QED) is 0.199. The standard InChI is InChI=1S/C17H21N5O5S2/c1-3-4-6-27-16(25)10-5-7-28-15-12(14(24)22(10)15)20-13(23)11(21-26-2)9-8-29-17(18)19-9/h5,8,12,15H,3-4,6-7H2,1-2H3,(H2,18,19)(H,20,23)/b21-11-/t12-,15-/m1/s1. The summed E-state index contributed by atoms with van der Waals surface area (Å²) in [5.74, 6) is -0.997. The molecule has 29 heavy (non-hydrogen) atoms. The van der Waals surface area contributed by atoms with Crippen molar-refractivity contribution in [3.63, 3.8) is 0 Å². The highest BCUT2D eigenvalue weighted by molar-refractivity contribution is 8.00. The number of nitrogens with one attached hydrogen (secondary N) is 1. The highest BCUT2D eigenvalue weighted by Gasteiger charge is 2.53. The Labute approximate surface area is 175 Å². The Balaban J connectivity index is 1.67. The van der Waals surface area contributed by atoms with Crippen LogP contribution in [0.3, 0.4) is 0 Å². The van der Waals surface area contributed by atoms with Crippen LogP contribution in [0.25, 0.3) is 0 Å². The molecule has 3 N–H and O–H groups in total. The van der Waals surface area contributed by atoms with Crippen LogP contribution in [-0.4, -0.2) is 64.3 Å². The van der Waals surface area contributed by atoms with Gasteiger partial charge in [-0.2, -0.15) is 0 Å². The minimum Gasteiger partial charge on any atom is -0.461 e. The lowest BCUT2D eigenvalue weighted by Crippen LogP contribution is -2.70. The maximum absolute atomic E-state index is 12.7. The number of unbranched alkanes of at least 4 members (excludes halogenated alkanes) is 1. The van der Waals surface area contributed by atoms with Crippen LogP contribution in [0.2, 0.25) is 0 Å². The Morgan fingerprint density at radius 1 is 1.48 bits per heavy atom. The molecule has 0 saturated carbocycles. The molecule has 2 aliphatic rings. The Hall–Kier alpha value is -2.60. The molecule has 3 heterocycles. The van der Waals surface area contributed by atoms with Crippen molar-refractivity contribution < 1.29 is 24.0 Å². The Morgan fingerprint density at radius 3 is 2.93 bits per heavy atom. The van der Waals surface area contributed by atoms with E-state index in [4.69, 9.17) is 15.3 Å². The lowest BCUT2D eigenvalue weighted by molar-refractivity contribution is -0.152. The molecule has 1 saturated heterocycles. The van der Waals surface area contributed by atoms with Crippen LogP contribution in [-0.2, 0) is 24.0 Å². The van der Waals surface area contributed by atoms with Crippen molar-refractivity contribution in [2.75, 3.05) is 25.2 Å². The molecule has 0 aromatic carbocycles. The number of hydrogen-bond donors (Lipinski definition) is 2. The normalized spacial score (nSPS) is 21.0. The number of thiazole rings is 1. The summed E-state index contributed by atoms with van der Waals surface area (Å²) in [4.78, 5) is 47.7. The van der Waals surface area contributed by atoms with Crippen LogP contribution in [0, 0.1) is 0 Å². The zero-order valence-corrected chi connectivity index (χ0v) is 17.5. The minimum atomic E-state index is -0.794. The Bertz CT molecular complexity index is 868. The second-order valence-electron chi connectivity index (χ2n) is 6.16. The Kier molecular flexibility index (Phi) is 6.75. The number of β-lactam (4-membered cyclic amide) rings is 1. The van der Waals surface area contributed by atoms with E-state index in [1.54, 1.807) is 11.5 Å². The van der Waals surface area contributed by atoms with Gasteiger partial charge in [0.15, 0.2) is 10.8 Å². The van der Waals surface area contributed by atoms with E-state index >= 15 is 0 Å². The summed E-state index contributed by atoms with van der Waals surface area (Å²) in [5, 5.41) is 7.82. The molecule has 1 fully saturated rings. The number of carbonyl (C=O) groups is 3. The van der Waals surface area contributed by atoms with Gasteiger partial charge < -0.3 is 20.6 Å². The number of thioether (sulfide) groups is 1. The molecule has 0 aliphatic carbocycles. The predicted octanol–water partition coefficient (Wildman–Crippen LogP) is 0.703. The summed E-state index contributed by atoms with van der Waals surface area (Å²) < 4.78 is 5.22. The molecule has 10 nitrogen and oxygen atoms in total. The van der Waals surface area contributed by atoms with Gasteiger partial charge in [-0.05, 0) is 12.5 Å². The van der Waals surface area contributed by atoms with Crippen molar-refractivity contribution in [2.24, 2.45) is 5.16 Å². The van der Waals surface area contributed by atoms with Crippen molar-refractivity contribution in [3.05, 3.63) is 22.8 Å². The lowest BCUT2D eigenvalue weighted by atomic mass is 10.0. The number of anilines is 1. The van der Waals surface area contributed by atoms with E-state index in [0.29, 0.717) is 12.4 Å². The van der Waals surface area contributed by atoms with Crippen LogP contribution in [0.15, 0.2) is 22.3 Å². The summed E-state index contributed by atoms with van der Waals surface area (Å²) in [6.45, 7) is 2.30. The number of amides is 2. The van der Waals surface area contributed by atoms with Gasteiger partial charge in [0.2, 0.25) is 0 Å². The molecule has 0 unspecified atom stereocenters. The van der Waals surface area contributed by atoms with Gasteiger partial charge in [-0.1, -0.05) is 18.5 Å². The van der Waals surface area contributed by atoms with Crippen molar-refractivity contribution >= 4 is 51.7 Å². The van der Waals surface area contributed by atoms with Crippen molar-refractivity contribution in [2.45, 2.75) is 31.2 Å².